The molecule has 0 amide bonds. The van der Waals surface area contributed by atoms with Crippen molar-refractivity contribution in [1.29, 1.82) is 0 Å². The molecule has 0 fully saturated rings. The first kappa shape index (κ1) is 16.3. The van der Waals surface area contributed by atoms with Gasteiger partial charge in [-0.2, -0.15) is 0 Å². The standard InChI is InChI=1S/C13H14O4S.Na/c1-3-16-9-5-8-6-12(13(14)15)18-11(8)7-10(9)17-4-2;/h5-7H,3-4H2,1-2H3,(H,14,15);. The fourth-order valence-electron chi connectivity index (χ4n) is 1.69. The molecule has 4 nitrogen and oxygen atoms in total. The van der Waals surface area contributed by atoms with Crippen molar-refractivity contribution < 1.29 is 19.4 Å². The molecule has 1 aromatic heterocycles. The van der Waals surface area contributed by atoms with Gasteiger partial charge in [-0.05, 0) is 31.4 Å². The topological polar surface area (TPSA) is 55.8 Å². The van der Waals surface area contributed by atoms with Gasteiger partial charge in [-0.15, -0.1) is 11.3 Å². The van der Waals surface area contributed by atoms with E-state index in [2.05, 4.69) is 0 Å². The summed E-state index contributed by atoms with van der Waals surface area (Å²) in [6, 6.07) is 5.31. The summed E-state index contributed by atoms with van der Waals surface area (Å²) in [5.74, 6) is 0.402. The zero-order valence-electron chi connectivity index (χ0n) is 11.2. The maximum Gasteiger partial charge on any atom is 0.345 e. The van der Waals surface area contributed by atoms with Crippen molar-refractivity contribution in [2.75, 3.05) is 13.2 Å². The Hall–Kier alpha value is -0.750. The number of carboxylic acid groups (broad SMARTS) is 1. The number of fused-ring (bicyclic) bond motifs is 1. The summed E-state index contributed by atoms with van der Waals surface area (Å²) in [7, 11) is 0. The molecule has 0 spiro atoms. The molecule has 1 heterocycles. The third-order valence-electron chi connectivity index (χ3n) is 2.39. The molecule has 1 N–H and O–H groups in total. The summed E-state index contributed by atoms with van der Waals surface area (Å²) in [6.07, 6.45) is 0. The third-order valence-corrected chi connectivity index (χ3v) is 3.48. The fraction of sp³-hybridized carbons (Fsp3) is 0.308. The molecule has 0 aliphatic carbocycles. The Kier molecular flexibility index (Phi) is 6.13. The van der Waals surface area contributed by atoms with Crippen LogP contribution in [0.5, 0.6) is 11.5 Å². The van der Waals surface area contributed by atoms with Gasteiger partial charge in [0.25, 0.3) is 0 Å². The molecule has 1 radical (unpaired) electrons. The van der Waals surface area contributed by atoms with Crippen molar-refractivity contribution in [1.82, 2.24) is 0 Å². The van der Waals surface area contributed by atoms with E-state index in [1.54, 1.807) is 6.07 Å². The Morgan fingerprint density at radius 2 is 1.74 bits per heavy atom. The van der Waals surface area contributed by atoms with Crippen LogP contribution in [0.15, 0.2) is 18.2 Å². The number of hydrogen-bond donors (Lipinski definition) is 1. The van der Waals surface area contributed by atoms with Gasteiger partial charge in [0.05, 0.1) is 13.2 Å². The van der Waals surface area contributed by atoms with Gasteiger partial charge >= 0.3 is 5.97 Å². The number of aromatic carboxylic acids is 1. The van der Waals surface area contributed by atoms with Crippen LogP contribution in [0.25, 0.3) is 10.1 Å². The molecule has 0 aliphatic rings. The second-order valence-electron chi connectivity index (χ2n) is 3.62. The minimum atomic E-state index is -0.910. The van der Waals surface area contributed by atoms with E-state index in [0.717, 1.165) is 10.1 Å². The largest absolute Gasteiger partial charge is 0.490 e. The van der Waals surface area contributed by atoms with E-state index in [1.165, 1.54) is 11.3 Å². The minimum absolute atomic E-state index is 0. The summed E-state index contributed by atoms with van der Waals surface area (Å²) >= 11 is 1.24. The number of thiophene rings is 1. The van der Waals surface area contributed by atoms with Gasteiger partial charge in [-0.25, -0.2) is 4.79 Å². The van der Waals surface area contributed by atoms with Crippen LogP contribution in [-0.4, -0.2) is 53.8 Å². The molecular weight excluding hydrogens is 275 g/mol. The molecule has 6 heteroatoms. The van der Waals surface area contributed by atoms with Crippen molar-refractivity contribution in [3.8, 4) is 11.5 Å². The molecule has 0 aliphatic heterocycles. The quantitative estimate of drug-likeness (QED) is 0.860. The first-order chi connectivity index (χ1) is 8.65. The summed E-state index contributed by atoms with van der Waals surface area (Å²) in [4.78, 5) is 11.3. The van der Waals surface area contributed by atoms with Crippen molar-refractivity contribution >= 4 is 56.9 Å². The fourth-order valence-corrected chi connectivity index (χ4v) is 2.60. The molecule has 0 bridgehead atoms. The molecule has 19 heavy (non-hydrogen) atoms. The molecule has 1 aromatic carbocycles. The number of ether oxygens (including phenoxy) is 2. The van der Waals surface area contributed by atoms with E-state index in [-0.39, 0.29) is 29.6 Å². The van der Waals surface area contributed by atoms with Crippen molar-refractivity contribution in [3.05, 3.63) is 23.1 Å². The Balaban J connectivity index is 0.00000180. The van der Waals surface area contributed by atoms with Gasteiger partial charge in [0.15, 0.2) is 11.5 Å². The number of benzene rings is 1. The molecule has 0 saturated heterocycles. The summed E-state index contributed by atoms with van der Waals surface area (Å²) < 4.78 is 11.9. The third kappa shape index (κ3) is 3.63. The van der Waals surface area contributed by atoms with E-state index in [9.17, 15) is 4.79 Å². The van der Waals surface area contributed by atoms with Crippen LogP contribution < -0.4 is 9.47 Å². The van der Waals surface area contributed by atoms with Crippen LogP contribution in [0, 0.1) is 0 Å². The average molecular weight is 289 g/mol. The number of carbonyl (C=O) groups is 1. The molecule has 2 aromatic rings. The van der Waals surface area contributed by atoms with E-state index < -0.39 is 5.97 Å². The van der Waals surface area contributed by atoms with Crippen LogP contribution in [0.2, 0.25) is 0 Å². The van der Waals surface area contributed by atoms with E-state index in [4.69, 9.17) is 14.6 Å². The van der Waals surface area contributed by atoms with Crippen LogP contribution in [-0.2, 0) is 0 Å². The second-order valence-corrected chi connectivity index (χ2v) is 4.70. The molecule has 2 rings (SSSR count). The SMILES string of the molecule is CCOc1cc2cc(C(=O)O)sc2cc1OCC.[Na]. The number of hydrogen-bond acceptors (Lipinski definition) is 4. The zero-order valence-corrected chi connectivity index (χ0v) is 14.0. The van der Waals surface area contributed by atoms with E-state index in [0.29, 0.717) is 29.6 Å². The van der Waals surface area contributed by atoms with Gasteiger partial charge in [0.1, 0.15) is 4.88 Å². The zero-order chi connectivity index (χ0) is 13.1. The molecule has 0 atom stereocenters. The van der Waals surface area contributed by atoms with Crippen molar-refractivity contribution in [2.45, 2.75) is 13.8 Å². The van der Waals surface area contributed by atoms with Crippen molar-refractivity contribution in [3.63, 3.8) is 0 Å². The predicted molar refractivity (Wildman–Crippen MR) is 76.9 cm³/mol. The summed E-state index contributed by atoms with van der Waals surface area (Å²) in [6.45, 7) is 4.89. The monoisotopic (exact) mass is 289 g/mol. The average Bonchev–Trinajstić information content (AvgIpc) is 2.73. The van der Waals surface area contributed by atoms with Gasteiger partial charge in [-0.3, -0.25) is 0 Å². The first-order valence-corrected chi connectivity index (χ1v) is 6.53. The van der Waals surface area contributed by atoms with Gasteiger partial charge in [0.2, 0.25) is 0 Å². The maximum atomic E-state index is 10.9. The molecule has 0 saturated carbocycles. The first-order valence-electron chi connectivity index (χ1n) is 5.72. The predicted octanol–water partition coefficient (Wildman–Crippen LogP) is 3.02. The van der Waals surface area contributed by atoms with Crippen LogP contribution in [0.4, 0.5) is 0 Å². The number of carboxylic acids is 1. The molecule has 0 unspecified atom stereocenters. The molecular formula is C13H14NaO4S. The van der Waals surface area contributed by atoms with Crippen LogP contribution >= 0.6 is 11.3 Å². The summed E-state index contributed by atoms with van der Waals surface area (Å²) in [5.41, 5.74) is 0. The van der Waals surface area contributed by atoms with Crippen molar-refractivity contribution in [2.24, 2.45) is 0 Å². The Morgan fingerprint density at radius 1 is 1.16 bits per heavy atom. The summed E-state index contributed by atoms with van der Waals surface area (Å²) in [5, 5.41) is 9.84. The van der Waals surface area contributed by atoms with Crippen LogP contribution in [0.3, 0.4) is 0 Å². The van der Waals surface area contributed by atoms with Crippen LogP contribution in [0.1, 0.15) is 23.5 Å². The second kappa shape index (κ2) is 7.14. The normalized spacial score (nSPS) is 10.0. The van der Waals surface area contributed by atoms with E-state index >= 15 is 0 Å². The minimum Gasteiger partial charge on any atom is -0.490 e. The smallest absolute Gasteiger partial charge is 0.345 e. The van der Waals surface area contributed by atoms with E-state index in [1.807, 2.05) is 26.0 Å². The maximum absolute atomic E-state index is 10.9. The van der Waals surface area contributed by atoms with Gasteiger partial charge in [0, 0.05) is 40.3 Å². The van der Waals surface area contributed by atoms with Gasteiger partial charge < -0.3 is 14.6 Å². The van der Waals surface area contributed by atoms with Gasteiger partial charge in [-0.1, -0.05) is 0 Å². The Bertz CT molecular complexity index is 536. The number of rotatable bonds is 5. The Labute approximate surface area is 137 Å². The Morgan fingerprint density at radius 3 is 2.26 bits per heavy atom. The molecule has 97 valence electrons.